The maximum Gasteiger partial charge on any atom is 0.233 e. The van der Waals surface area contributed by atoms with E-state index in [4.69, 9.17) is 4.74 Å². The molecule has 1 N–H and O–H groups in total. The summed E-state index contributed by atoms with van der Waals surface area (Å²) in [5, 5.41) is 0.777. The highest BCUT2D eigenvalue weighted by molar-refractivity contribution is 7.99. The molecule has 6 heteroatoms. The fourth-order valence-electron chi connectivity index (χ4n) is 3.28. The highest BCUT2D eigenvalue weighted by Crippen LogP contribution is 2.26. The van der Waals surface area contributed by atoms with Crippen molar-refractivity contribution in [2.24, 2.45) is 0 Å². The Morgan fingerprint density at radius 1 is 1.39 bits per heavy atom. The zero-order valence-corrected chi connectivity index (χ0v) is 14.7. The second kappa shape index (κ2) is 6.83. The van der Waals surface area contributed by atoms with Crippen LogP contribution in [0.4, 0.5) is 0 Å². The van der Waals surface area contributed by atoms with Crippen LogP contribution in [0.15, 0.2) is 23.4 Å². The van der Waals surface area contributed by atoms with Crippen molar-refractivity contribution in [3.05, 3.63) is 18.2 Å². The van der Waals surface area contributed by atoms with Crippen LogP contribution >= 0.6 is 11.8 Å². The van der Waals surface area contributed by atoms with Crippen molar-refractivity contribution >= 4 is 28.7 Å². The number of likely N-dealkylation sites (tertiary alicyclic amines) is 1. The average molecular weight is 333 g/mol. The minimum absolute atomic E-state index is 0.202. The number of rotatable bonds is 4. The van der Waals surface area contributed by atoms with Crippen molar-refractivity contribution in [2.45, 2.75) is 50.4 Å². The summed E-state index contributed by atoms with van der Waals surface area (Å²) in [6, 6.07) is 6.41. The number of aromatic amines is 1. The molecule has 124 valence electrons. The van der Waals surface area contributed by atoms with Gasteiger partial charge in [-0.15, -0.1) is 0 Å². The van der Waals surface area contributed by atoms with Crippen molar-refractivity contribution in [3.63, 3.8) is 0 Å². The van der Waals surface area contributed by atoms with E-state index in [1.165, 1.54) is 18.2 Å². The van der Waals surface area contributed by atoms with E-state index < -0.39 is 0 Å². The summed E-state index contributed by atoms with van der Waals surface area (Å²) >= 11 is 1.47. The van der Waals surface area contributed by atoms with Crippen LogP contribution < -0.4 is 4.74 Å². The molecule has 1 aromatic carbocycles. The lowest BCUT2D eigenvalue weighted by molar-refractivity contribution is -0.134. The number of hydrogen-bond acceptors (Lipinski definition) is 4. The number of benzene rings is 1. The normalized spacial score (nSPS) is 21.6. The fourth-order valence-corrected chi connectivity index (χ4v) is 4.03. The van der Waals surface area contributed by atoms with E-state index in [0.717, 1.165) is 34.8 Å². The summed E-state index contributed by atoms with van der Waals surface area (Å²) in [6.45, 7) is 4.29. The number of ether oxygens (including phenoxy) is 1. The molecule has 0 spiro atoms. The molecule has 2 atom stereocenters. The van der Waals surface area contributed by atoms with E-state index >= 15 is 0 Å². The van der Waals surface area contributed by atoms with Crippen LogP contribution in [0.5, 0.6) is 5.75 Å². The first-order valence-electron chi connectivity index (χ1n) is 8.06. The van der Waals surface area contributed by atoms with Crippen LogP contribution in [-0.2, 0) is 4.79 Å². The van der Waals surface area contributed by atoms with Crippen LogP contribution in [0.3, 0.4) is 0 Å². The fraction of sp³-hybridized carbons (Fsp3) is 0.529. The highest BCUT2D eigenvalue weighted by atomic mass is 32.2. The van der Waals surface area contributed by atoms with E-state index in [0.29, 0.717) is 17.8 Å². The third-order valence-corrected chi connectivity index (χ3v) is 5.34. The minimum Gasteiger partial charge on any atom is -0.497 e. The molecule has 1 saturated heterocycles. The molecule has 1 aromatic heterocycles. The monoisotopic (exact) mass is 333 g/mol. The molecule has 0 aliphatic carbocycles. The Kier molecular flexibility index (Phi) is 4.80. The van der Waals surface area contributed by atoms with Gasteiger partial charge in [0.15, 0.2) is 5.16 Å². The van der Waals surface area contributed by atoms with Gasteiger partial charge in [0.1, 0.15) is 5.75 Å². The van der Waals surface area contributed by atoms with Gasteiger partial charge in [-0.05, 0) is 45.2 Å². The molecule has 3 rings (SSSR count). The van der Waals surface area contributed by atoms with E-state index in [9.17, 15) is 4.79 Å². The second-order valence-corrected chi connectivity index (χ2v) is 7.11. The van der Waals surface area contributed by atoms with Crippen LogP contribution in [0.1, 0.15) is 33.1 Å². The first kappa shape index (κ1) is 16.2. The van der Waals surface area contributed by atoms with Gasteiger partial charge in [-0.2, -0.15) is 0 Å². The largest absolute Gasteiger partial charge is 0.497 e. The number of imidazole rings is 1. The molecule has 2 aromatic rings. The van der Waals surface area contributed by atoms with Crippen molar-refractivity contribution in [3.8, 4) is 5.75 Å². The van der Waals surface area contributed by atoms with Crippen LogP contribution in [-0.4, -0.2) is 45.7 Å². The summed E-state index contributed by atoms with van der Waals surface area (Å²) < 4.78 is 5.22. The maximum absolute atomic E-state index is 12.6. The van der Waals surface area contributed by atoms with Crippen molar-refractivity contribution in [1.82, 2.24) is 14.9 Å². The summed E-state index contributed by atoms with van der Waals surface area (Å²) in [4.78, 5) is 22.4. The topological polar surface area (TPSA) is 58.2 Å². The molecule has 1 fully saturated rings. The molecular formula is C17H23N3O2S. The van der Waals surface area contributed by atoms with Crippen molar-refractivity contribution < 1.29 is 9.53 Å². The predicted molar refractivity (Wildman–Crippen MR) is 93.0 cm³/mol. The third kappa shape index (κ3) is 3.47. The van der Waals surface area contributed by atoms with Gasteiger partial charge in [-0.3, -0.25) is 4.79 Å². The van der Waals surface area contributed by atoms with Crippen LogP contribution in [0.2, 0.25) is 0 Å². The summed E-state index contributed by atoms with van der Waals surface area (Å²) in [6.07, 6.45) is 3.42. The van der Waals surface area contributed by atoms with Gasteiger partial charge >= 0.3 is 0 Å². The first-order valence-corrected chi connectivity index (χ1v) is 9.04. The molecule has 1 aliphatic rings. The van der Waals surface area contributed by atoms with Gasteiger partial charge < -0.3 is 14.6 Å². The Labute approximate surface area is 140 Å². The zero-order valence-electron chi connectivity index (χ0n) is 13.8. The van der Waals surface area contributed by atoms with Gasteiger partial charge in [0.05, 0.1) is 23.9 Å². The zero-order chi connectivity index (χ0) is 16.4. The number of amides is 1. The molecule has 2 heterocycles. The number of carbonyl (C=O) groups excluding carboxylic acids is 1. The number of methoxy groups -OCH3 is 1. The minimum atomic E-state index is 0.202. The van der Waals surface area contributed by atoms with E-state index in [-0.39, 0.29) is 5.91 Å². The Bertz CT molecular complexity index is 690. The number of hydrogen-bond donors (Lipinski definition) is 1. The number of carbonyl (C=O) groups is 1. The summed E-state index contributed by atoms with van der Waals surface area (Å²) in [7, 11) is 1.65. The number of fused-ring (bicyclic) bond motifs is 1. The smallest absolute Gasteiger partial charge is 0.233 e. The van der Waals surface area contributed by atoms with Gasteiger partial charge in [0, 0.05) is 18.2 Å². The van der Waals surface area contributed by atoms with Crippen LogP contribution in [0, 0.1) is 0 Å². The number of nitrogens with one attached hydrogen (secondary N) is 1. The molecule has 1 aliphatic heterocycles. The standard InChI is InChI=1S/C17H23N3O2S/c1-11-5-4-6-12(2)20(11)16(21)10-23-17-18-14-8-7-13(22-3)9-15(14)19-17/h7-9,11-12H,4-6,10H2,1-3H3,(H,18,19)/t11-,12+. The molecule has 23 heavy (non-hydrogen) atoms. The lowest BCUT2D eigenvalue weighted by atomic mass is 9.98. The molecule has 0 saturated carbocycles. The van der Waals surface area contributed by atoms with Gasteiger partial charge in [-0.25, -0.2) is 4.98 Å². The van der Waals surface area contributed by atoms with E-state index in [1.807, 2.05) is 23.1 Å². The van der Waals surface area contributed by atoms with Crippen LogP contribution in [0.25, 0.3) is 11.0 Å². The molecule has 0 bridgehead atoms. The molecule has 0 unspecified atom stereocenters. The average Bonchev–Trinajstić information content (AvgIpc) is 2.94. The van der Waals surface area contributed by atoms with E-state index in [2.05, 4.69) is 23.8 Å². The quantitative estimate of drug-likeness (QED) is 0.871. The molecular weight excluding hydrogens is 310 g/mol. The number of piperidine rings is 1. The number of thioether (sulfide) groups is 1. The highest BCUT2D eigenvalue weighted by Gasteiger charge is 2.28. The predicted octanol–water partition coefficient (Wildman–Crippen LogP) is 3.45. The number of nitrogens with zero attached hydrogens (tertiary/aromatic N) is 2. The number of H-pyrrole nitrogens is 1. The van der Waals surface area contributed by atoms with Crippen molar-refractivity contribution in [2.75, 3.05) is 12.9 Å². The Hall–Kier alpha value is -1.69. The summed E-state index contributed by atoms with van der Waals surface area (Å²) in [5.74, 6) is 1.42. The number of aromatic nitrogens is 2. The molecule has 5 nitrogen and oxygen atoms in total. The second-order valence-electron chi connectivity index (χ2n) is 6.14. The Balaban J connectivity index is 1.66. The van der Waals surface area contributed by atoms with Gasteiger partial charge in [0.2, 0.25) is 5.91 Å². The third-order valence-electron chi connectivity index (χ3n) is 4.48. The first-order chi connectivity index (χ1) is 11.1. The molecule has 1 amide bonds. The maximum atomic E-state index is 12.6. The lowest BCUT2D eigenvalue weighted by Crippen LogP contribution is -2.48. The summed E-state index contributed by atoms with van der Waals surface area (Å²) in [5.41, 5.74) is 1.82. The molecule has 0 radical (unpaired) electrons. The van der Waals surface area contributed by atoms with Crippen molar-refractivity contribution in [1.29, 1.82) is 0 Å². The van der Waals surface area contributed by atoms with Gasteiger partial charge in [0.25, 0.3) is 0 Å². The Morgan fingerprint density at radius 2 is 2.13 bits per heavy atom. The van der Waals surface area contributed by atoms with E-state index in [1.54, 1.807) is 7.11 Å². The Morgan fingerprint density at radius 3 is 2.83 bits per heavy atom. The van der Waals surface area contributed by atoms with Gasteiger partial charge in [-0.1, -0.05) is 11.8 Å². The lowest BCUT2D eigenvalue weighted by Gasteiger charge is -2.39. The SMILES string of the molecule is COc1ccc2nc(SCC(=O)N3[C@H](C)CCC[C@@H]3C)[nH]c2c1.